The largest absolute Gasteiger partial charge is 0.462 e. The Bertz CT molecular complexity index is 1490. The molecule has 0 radical (unpaired) electrons. The molecule has 0 aromatic heterocycles. The van der Waals surface area contributed by atoms with Gasteiger partial charge in [-0.2, -0.15) is 0 Å². The normalized spacial score (nSPS) is 13.1. The van der Waals surface area contributed by atoms with E-state index in [9.17, 15) is 14.7 Å². The topological polar surface area (TPSA) is 72.8 Å². The van der Waals surface area contributed by atoms with Crippen LogP contribution in [0.15, 0.2) is 122 Å². The van der Waals surface area contributed by atoms with Gasteiger partial charge in [-0.1, -0.05) is 289 Å². The summed E-state index contributed by atoms with van der Waals surface area (Å²) >= 11 is 0. The van der Waals surface area contributed by atoms with Crippen LogP contribution in [0.2, 0.25) is 0 Å². The number of hydrogen-bond donors (Lipinski definition) is 1. The highest BCUT2D eigenvalue weighted by Gasteiger charge is 2.16. The smallest absolute Gasteiger partial charge is 0.306 e. The zero-order chi connectivity index (χ0) is 53.4. The fourth-order valence-electron chi connectivity index (χ4n) is 8.67. The van der Waals surface area contributed by atoms with Crippen molar-refractivity contribution in [3.05, 3.63) is 122 Å². The molecule has 0 heterocycles. The van der Waals surface area contributed by atoms with Crippen molar-refractivity contribution in [2.45, 2.75) is 290 Å². The van der Waals surface area contributed by atoms with Crippen LogP contribution >= 0.6 is 0 Å². The summed E-state index contributed by atoms with van der Waals surface area (Å²) in [5.74, 6) is -0.589. The average Bonchev–Trinajstić information content (AvgIpc) is 3.40. The predicted molar refractivity (Wildman–Crippen MR) is 325 cm³/mol. The van der Waals surface area contributed by atoms with E-state index in [0.29, 0.717) is 12.8 Å². The van der Waals surface area contributed by atoms with Crippen molar-refractivity contribution < 1.29 is 24.2 Å². The quantitative estimate of drug-likeness (QED) is 0.0373. The molecule has 0 rings (SSSR count). The van der Waals surface area contributed by atoms with Crippen LogP contribution in [-0.2, 0) is 19.1 Å². The van der Waals surface area contributed by atoms with Crippen molar-refractivity contribution in [3.8, 4) is 0 Å². The number of allylic oxidation sites excluding steroid dienone is 20. The molecule has 1 N–H and O–H groups in total. The van der Waals surface area contributed by atoms with Gasteiger partial charge in [0.2, 0.25) is 0 Å². The Balaban J connectivity index is 3.49. The highest BCUT2D eigenvalue weighted by atomic mass is 16.6. The summed E-state index contributed by atoms with van der Waals surface area (Å²) in [4.78, 5) is 24.6. The molecule has 5 heteroatoms. The monoisotopic (exact) mass is 1020 g/mol. The molecule has 0 amide bonds. The van der Waals surface area contributed by atoms with Crippen LogP contribution in [0.3, 0.4) is 0 Å². The van der Waals surface area contributed by atoms with Crippen molar-refractivity contribution in [2.24, 2.45) is 0 Å². The van der Waals surface area contributed by atoms with Crippen LogP contribution in [0.25, 0.3) is 0 Å². The van der Waals surface area contributed by atoms with Gasteiger partial charge in [-0.15, -0.1) is 0 Å². The third kappa shape index (κ3) is 60.9. The molecule has 0 aromatic carbocycles. The van der Waals surface area contributed by atoms with Crippen LogP contribution in [0, 0.1) is 0 Å². The lowest BCUT2D eigenvalue weighted by Gasteiger charge is -2.15. The maximum atomic E-state index is 12.3. The molecule has 1 atom stereocenters. The molecular formula is C69H116O5. The summed E-state index contributed by atoms with van der Waals surface area (Å²) in [7, 11) is 0. The number of ether oxygens (including phenoxy) is 2. The Morgan fingerprint density at radius 1 is 0.311 bits per heavy atom. The van der Waals surface area contributed by atoms with Crippen LogP contribution in [0.1, 0.15) is 284 Å². The van der Waals surface area contributed by atoms with Gasteiger partial charge in [0.25, 0.3) is 0 Å². The second-order valence-electron chi connectivity index (χ2n) is 20.4. The van der Waals surface area contributed by atoms with E-state index < -0.39 is 6.10 Å². The van der Waals surface area contributed by atoms with Gasteiger partial charge in [0, 0.05) is 12.8 Å². The lowest BCUT2D eigenvalue weighted by atomic mass is 10.0. The summed E-state index contributed by atoms with van der Waals surface area (Å²) < 4.78 is 10.7. The van der Waals surface area contributed by atoms with Crippen molar-refractivity contribution in [2.75, 3.05) is 13.2 Å². The first-order valence-corrected chi connectivity index (χ1v) is 31.1. The molecule has 0 aliphatic carbocycles. The van der Waals surface area contributed by atoms with E-state index in [0.717, 1.165) is 103 Å². The van der Waals surface area contributed by atoms with Gasteiger partial charge in [-0.25, -0.2) is 0 Å². The molecule has 0 fully saturated rings. The number of carbonyl (C=O) groups excluding carboxylic acids is 2. The Labute approximate surface area is 458 Å². The minimum Gasteiger partial charge on any atom is -0.462 e. The van der Waals surface area contributed by atoms with Crippen molar-refractivity contribution >= 4 is 11.9 Å². The number of aliphatic hydroxyl groups is 1. The van der Waals surface area contributed by atoms with Crippen LogP contribution in [-0.4, -0.2) is 36.4 Å². The summed E-state index contributed by atoms with van der Waals surface area (Å²) in [5.41, 5.74) is 0. The maximum absolute atomic E-state index is 12.3. The van der Waals surface area contributed by atoms with E-state index in [4.69, 9.17) is 9.47 Å². The van der Waals surface area contributed by atoms with Crippen molar-refractivity contribution in [1.29, 1.82) is 0 Å². The lowest BCUT2D eigenvalue weighted by molar-refractivity contribution is -0.161. The molecule has 422 valence electrons. The molecule has 74 heavy (non-hydrogen) atoms. The second kappa shape index (κ2) is 63.6. The summed E-state index contributed by atoms with van der Waals surface area (Å²) in [5, 5.41) is 9.68. The summed E-state index contributed by atoms with van der Waals surface area (Å²) in [6.45, 7) is 3.93. The van der Waals surface area contributed by atoms with Crippen LogP contribution < -0.4 is 0 Å². The minimum absolute atomic E-state index is 0.0700. The molecule has 0 aliphatic heterocycles. The average molecular weight is 1030 g/mol. The third-order valence-corrected chi connectivity index (χ3v) is 13.3. The van der Waals surface area contributed by atoms with Gasteiger partial charge < -0.3 is 14.6 Å². The maximum Gasteiger partial charge on any atom is 0.306 e. The van der Waals surface area contributed by atoms with Crippen LogP contribution in [0.4, 0.5) is 0 Å². The Hall–Kier alpha value is -3.70. The third-order valence-electron chi connectivity index (χ3n) is 13.3. The van der Waals surface area contributed by atoms with Gasteiger partial charge >= 0.3 is 11.9 Å². The van der Waals surface area contributed by atoms with Gasteiger partial charge in [0.1, 0.15) is 6.61 Å². The molecule has 5 nitrogen and oxygen atoms in total. The predicted octanol–water partition coefficient (Wildman–Crippen LogP) is 21.4. The standard InChI is InChI=1S/C69H116O5/c1-3-5-7-9-11-13-15-17-19-21-23-25-27-29-31-32-33-34-35-36-38-40-42-44-46-48-50-52-54-56-58-60-62-64-69(72)74-67(65-70)66-73-68(71)63-61-59-57-55-53-51-49-47-45-43-41-39-37-30-28-26-24-22-20-18-16-14-12-10-8-6-4-2/h5-8,11-14,17-20,23-26,29,31,33-34,67,70H,3-4,9-10,15-16,21-22,27-28,30,32,35-66H2,1-2H3/b7-5-,8-6-,13-11-,14-12-,19-17-,20-18-,25-23-,26-24-,31-29-,34-33-. The number of rotatable bonds is 56. The van der Waals surface area contributed by atoms with Gasteiger partial charge in [-0.05, 0) is 103 Å². The molecule has 1 unspecified atom stereocenters. The Morgan fingerprint density at radius 2 is 0.541 bits per heavy atom. The number of esters is 2. The van der Waals surface area contributed by atoms with E-state index in [1.54, 1.807) is 0 Å². The molecule has 0 aliphatic rings. The number of unbranched alkanes of at least 4 members (excludes halogenated alkanes) is 28. The fraction of sp³-hybridized carbons (Fsp3) is 0.681. The molecule has 0 saturated heterocycles. The highest BCUT2D eigenvalue weighted by molar-refractivity contribution is 5.70. The number of hydrogen-bond acceptors (Lipinski definition) is 5. The minimum atomic E-state index is -0.780. The van der Waals surface area contributed by atoms with E-state index in [2.05, 4.69) is 135 Å². The molecule has 0 saturated carbocycles. The first kappa shape index (κ1) is 70.3. The zero-order valence-electron chi connectivity index (χ0n) is 48.3. The fourth-order valence-corrected chi connectivity index (χ4v) is 8.67. The lowest BCUT2D eigenvalue weighted by Crippen LogP contribution is -2.28. The molecule has 0 spiro atoms. The second-order valence-corrected chi connectivity index (χ2v) is 20.4. The summed E-state index contributed by atoms with van der Waals surface area (Å²) in [6, 6.07) is 0. The number of carbonyl (C=O) groups is 2. The van der Waals surface area contributed by atoms with Crippen molar-refractivity contribution in [3.63, 3.8) is 0 Å². The zero-order valence-corrected chi connectivity index (χ0v) is 48.3. The van der Waals surface area contributed by atoms with Gasteiger partial charge in [-0.3, -0.25) is 9.59 Å². The first-order chi connectivity index (χ1) is 36.6. The van der Waals surface area contributed by atoms with Gasteiger partial charge in [0.15, 0.2) is 6.10 Å². The van der Waals surface area contributed by atoms with Gasteiger partial charge in [0.05, 0.1) is 6.61 Å². The molecule has 0 bridgehead atoms. The van der Waals surface area contributed by atoms with E-state index in [-0.39, 0.29) is 25.2 Å². The van der Waals surface area contributed by atoms with Crippen molar-refractivity contribution in [1.82, 2.24) is 0 Å². The van der Waals surface area contributed by atoms with E-state index in [1.807, 2.05) is 0 Å². The molecule has 0 aromatic rings. The van der Waals surface area contributed by atoms with E-state index >= 15 is 0 Å². The SMILES string of the molecule is CC/C=C\C/C=C\C/C=C\C/C=C\C/C=C\C/C=C\CCCCCCCCCCCCCCCCC(=O)OC(CO)COC(=O)CCCCCCCCCCCCCCCC/C=C\C/C=C\C/C=C\C/C=C\CC. The highest BCUT2D eigenvalue weighted by Crippen LogP contribution is 2.16. The Kier molecular flexibility index (Phi) is 60.4. The molecular weight excluding hydrogens is 909 g/mol. The van der Waals surface area contributed by atoms with Crippen LogP contribution in [0.5, 0.6) is 0 Å². The summed E-state index contributed by atoms with van der Waals surface area (Å²) in [6.07, 6.45) is 93.3. The van der Waals surface area contributed by atoms with E-state index in [1.165, 1.54) is 154 Å². The number of aliphatic hydroxyl groups excluding tert-OH is 1. The Morgan fingerprint density at radius 3 is 0.811 bits per heavy atom. The first-order valence-electron chi connectivity index (χ1n) is 31.1.